The summed E-state index contributed by atoms with van der Waals surface area (Å²) in [7, 11) is 1.48. The van der Waals surface area contributed by atoms with Gasteiger partial charge in [-0.1, -0.05) is 31.2 Å². The molecule has 0 radical (unpaired) electrons. The van der Waals surface area contributed by atoms with Gasteiger partial charge >= 0.3 is 0 Å². The van der Waals surface area contributed by atoms with Crippen LogP contribution in [0.15, 0.2) is 47.4 Å². The second-order valence-corrected chi connectivity index (χ2v) is 9.61. The van der Waals surface area contributed by atoms with Crippen molar-refractivity contribution in [3.8, 4) is 11.5 Å². The molecule has 4 rings (SSSR count). The number of rotatable bonds is 7. The molecule has 2 aromatic rings. The van der Waals surface area contributed by atoms with Gasteiger partial charge in [0.15, 0.2) is 11.5 Å². The quantitative estimate of drug-likeness (QED) is 0.515. The van der Waals surface area contributed by atoms with Crippen LogP contribution in [0.4, 0.5) is 9.18 Å². The minimum atomic E-state index is -0.488. The largest absolute Gasteiger partial charge is 0.493 e. The second-order valence-electron chi connectivity index (χ2n) is 8.62. The van der Waals surface area contributed by atoms with Gasteiger partial charge in [-0.2, -0.15) is 0 Å². The highest BCUT2D eigenvalue weighted by Gasteiger charge is 2.37. The van der Waals surface area contributed by atoms with Gasteiger partial charge in [0.25, 0.3) is 11.1 Å². The lowest BCUT2D eigenvalue weighted by Crippen LogP contribution is -2.45. The van der Waals surface area contributed by atoms with Crippen LogP contribution in [0.2, 0.25) is 0 Å². The van der Waals surface area contributed by atoms with Crippen LogP contribution in [0.25, 0.3) is 6.08 Å². The van der Waals surface area contributed by atoms with E-state index in [1.54, 1.807) is 47.4 Å². The van der Waals surface area contributed by atoms with Crippen molar-refractivity contribution < 1.29 is 28.2 Å². The molecule has 0 aromatic heterocycles. The van der Waals surface area contributed by atoms with Crippen molar-refractivity contribution in [3.05, 3.63) is 64.3 Å². The molecule has 0 saturated carbocycles. The molecule has 0 unspecified atom stereocenters. The third kappa shape index (κ3) is 5.85. The molecule has 0 aliphatic carbocycles. The fourth-order valence-corrected chi connectivity index (χ4v) is 4.78. The zero-order valence-electron chi connectivity index (χ0n) is 19.7. The Labute approximate surface area is 207 Å². The molecule has 7 nitrogen and oxygen atoms in total. The number of thioether (sulfide) groups is 1. The maximum atomic E-state index is 13.9. The Bertz CT molecular complexity index is 1160. The van der Waals surface area contributed by atoms with Crippen molar-refractivity contribution in [1.82, 2.24) is 9.80 Å². The molecule has 2 saturated heterocycles. The molecule has 2 heterocycles. The molecule has 2 aliphatic heterocycles. The molecule has 184 valence electrons. The topological polar surface area (TPSA) is 76.2 Å². The number of piperidine rings is 1. The van der Waals surface area contributed by atoms with Crippen LogP contribution in [-0.2, 0) is 16.2 Å². The average Bonchev–Trinajstić information content (AvgIpc) is 3.11. The van der Waals surface area contributed by atoms with Crippen molar-refractivity contribution in [2.75, 3.05) is 26.7 Å². The van der Waals surface area contributed by atoms with Crippen LogP contribution in [0.3, 0.4) is 0 Å². The number of carbonyl (C=O) groups is 3. The van der Waals surface area contributed by atoms with Crippen molar-refractivity contribution in [2.45, 2.75) is 26.4 Å². The molecule has 2 fully saturated rings. The van der Waals surface area contributed by atoms with E-state index < -0.39 is 11.1 Å². The molecule has 3 amide bonds. The Morgan fingerprint density at radius 2 is 1.89 bits per heavy atom. The maximum Gasteiger partial charge on any atom is 0.294 e. The Morgan fingerprint density at radius 3 is 2.60 bits per heavy atom. The summed E-state index contributed by atoms with van der Waals surface area (Å²) in [5.41, 5.74) is 1.04. The Kier molecular flexibility index (Phi) is 7.75. The number of halogens is 1. The summed E-state index contributed by atoms with van der Waals surface area (Å²) in [5, 5.41) is -0.461. The van der Waals surface area contributed by atoms with Gasteiger partial charge in [0.1, 0.15) is 19.0 Å². The number of likely N-dealkylation sites (tertiary alicyclic amines) is 1. The summed E-state index contributed by atoms with van der Waals surface area (Å²) in [4.78, 5) is 40.9. The number of hydrogen-bond donors (Lipinski definition) is 0. The Morgan fingerprint density at radius 1 is 1.14 bits per heavy atom. The smallest absolute Gasteiger partial charge is 0.294 e. The zero-order chi connectivity index (χ0) is 24.9. The number of methoxy groups -OCH3 is 1. The predicted molar refractivity (Wildman–Crippen MR) is 131 cm³/mol. The van der Waals surface area contributed by atoms with Crippen LogP contribution in [-0.4, -0.2) is 53.6 Å². The van der Waals surface area contributed by atoms with Gasteiger partial charge in [-0.3, -0.25) is 19.3 Å². The third-order valence-corrected chi connectivity index (χ3v) is 7.04. The highest BCUT2D eigenvalue weighted by molar-refractivity contribution is 8.18. The van der Waals surface area contributed by atoms with E-state index in [1.807, 2.05) is 0 Å². The standard InChI is InChI=1S/C26H27FN2O5S/c1-17-9-11-28(12-10-17)24(30)15-29-25(31)23(35-26(29)32)14-18-7-8-21(22(13-18)33-2)34-16-19-5-3-4-6-20(19)27/h3-8,13-14,17H,9-12,15-16H2,1-2H3/b23-14+. The zero-order valence-corrected chi connectivity index (χ0v) is 20.5. The lowest BCUT2D eigenvalue weighted by molar-refractivity contribution is -0.136. The highest BCUT2D eigenvalue weighted by atomic mass is 32.2. The first-order valence-electron chi connectivity index (χ1n) is 11.4. The third-order valence-electron chi connectivity index (χ3n) is 6.13. The van der Waals surface area contributed by atoms with E-state index in [2.05, 4.69) is 6.92 Å². The molecule has 2 aliphatic rings. The van der Waals surface area contributed by atoms with Gasteiger partial charge < -0.3 is 14.4 Å². The maximum absolute atomic E-state index is 13.9. The normalized spacial score (nSPS) is 17.9. The number of imide groups is 1. The highest BCUT2D eigenvalue weighted by Crippen LogP contribution is 2.35. The number of amides is 3. The van der Waals surface area contributed by atoms with E-state index in [4.69, 9.17) is 9.47 Å². The number of benzene rings is 2. The average molecular weight is 499 g/mol. The van der Waals surface area contributed by atoms with Crippen LogP contribution in [0.5, 0.6) is 11.5 Å². The molecule has 0 atom stereocenters. The van der Waals surface area contributed by atoms with Crippen LogP contribution in [0, 0.1) is 11.7 Å². The molecule has 2 aromatic carbocycles. The van der Waals surface area contributed by atoms with Crippen molar-refractivity contribution in [2.24, 2.45) is 5.92 Å². The number of carbonyl (C=O) groups excluding carboxylic acids is 3. The molecule has 0 N–H and O–H groups in total. The molecule has 9 heteroatoms. The van der Waals surface area contributed by atoms with Gasteiger partial charge in [0.05, 0.1) is 12.0 Å². The van der Waals surface area contributed by atoms with E-state index in [1.165, 1.54) is 13.2 Å². The first-order valence-corrected chi connectivity index (χ1v) is 12.2. The predicted octanol–water partition coefficient (Wildman–Crippen LogP) is 4.71. The fraction of sp³-hybridized carbons (Fsp3) is 0.346. The van der Waals surface area contributed by atoms with Gasteiger partial charge in [0, 0.05) is 18.7 Å². The van der Waals surface area contributed by atoms with E-state index in [-0.39, 0.29) is 29.8 Å². The van der Waals surface area contributed by atoms with E-state index in [0.29, 0.717) is 41.6 Å². The first kappa shape index (κ1) is 24.8. The summed E-state index contributed by atoms with van der Waals surface area (Å²) in [5.74, 6) is 0.349. The lowest BCUT2D eigenvalue weighted by Gasteiger charge is -2.31. The van der Waals surface area contributed by atoms with Crippen LogP contribution < -0.4 is 9.47 Å². The van der Waals surface area contributed by atoms with Crippen molar-refractivity contribution >= 4 is 34.9 Å². The first-order chi connectivity index (χ1) is 16.9. The van der Waals surface area contributed by atoms with Gasteiger partial charge in [-0.25, -0.2) is 4.39 Å². The Balaban J connectivity index is 1.43. The SMILES string of the molecule is COc1cc(/C=C2/SC(=O)N(CC(=O)N3CCC(C)CC3)C2=O)ccc1OCc1ccccc1F. The summed E-state index contributed by atoms with van der Waals surface area (Å²) >= 11 is 0.807. The van der Waals surface area contributed by atoms with Crippen molar-refractivity contribution in [1.29, 1.82) is 0 Å². The fourth-order valence-electron chi connectivity index (χ4n) is 3.95. The van der Waals surface area contributed by atoms with E-state index in [0.717, 1.165) is 29.5 Å². The minimum absolute atomic E-state index is 0.0330. The van der Waals surface area contributed by atoms with E-state index in [9.17, 15) is 18.8 Å². The molecule has 0 spiro atoms. The number of ether oxygens (including phenoxy) is 2. The van der Waals surface area contributed by atoms with Crippen molar-refractivity contribution in [3.63, 3.8) is 0 Å². The monoisotopic (exact) mass is 498 g/mol. The van der Waals surface area contributed by atoms with Gasteiger partial charge in [0.2, 0.25) is 5.91 Å². The summed E-state index contributed by atoms with van der Waals surface area (Å²) in [6, 6.07) is 11.4. The summed E-state index contributed by atoms with van der Waals surface area (Å²) in [6.45, 7) is 3.24. The van der Waals surface area contributed by atoms with Gasteiger partial charge in [-0.15, -0.1) is 0 Å². The number of nitrogens with zero attached hydrogens (tertiary/aromatic N) is 2. The summed E-state index contributed by atoms with van der Waals surface area (Å²) in [6.07, 6.45) is 3.44. The van der Waals surface area contributed by atoms with Crippen LogP contribution >= 0.6 is 11.8 Å². The van der Waals surface area contributed by atoms with Gasteiger partial charge in [-0.05, 0) is 60.4 Å². The summed E-state index contributed by atoms with van der Waals surface area (Å²) < 4.78 is 25.0. The molecular weight excluding hydrogens is 471 g/mol. The number of hydrogen-bond acceptors (Lipinski definition) is 6. The minimum Gasteiger partial charge on any atom is -0.493 e. The van der Waals surface area contributed by atoms with E-state index >= 15 is 0 Å². The lowest BCUT2D eigenvalue weighted by atomic mass is 9.99. The Hall–Kier alpha value is -3.33. The van der Waals surface area contributed by atoms with Crippen LogP contribution in [0.1, 0.15) is 30.9 Å². The molecular formula is C26H27FN2O5S. The second kappa shape index (κ2) is 10.9. The molecule has 35 heavy (non-hydrogen) atoms. The molecule has 0 bridgehead atoms.